The smallest absolute Gasteiger partial charge is 0.341 e. The number of thiocarbonyl (C=S) groups is 1. The predicted octanol–water partition coefficient (Wildman–Crippen LogP) is 5.11. The normalized spacial score (nSPS) is 12.2. The van der Waals surface area contributed by atoms with Gasteiger partial charge in [-0.05, 0) is 42.3 Å². The van der Waals surface area contributed by atoms with Gasteiger partial charge < -0.3 is 15.4 Å². The van der Waals surface area contributed by atoms with E-state index in [2.05, 4.69) is 48.6 Å². The number of nitrogens with zero attached hydrogens (tertiary/aromatic N) is 2. The molecule has 170 valence electrons. The van der Waals surface area contributed by atoms with E-state index < -0.39 is 0 Å². The average molecular weight is 471 g/mol. The van der Waals surface area contributed by atoms with Crippen LogP contribution in [0.3, 0.4) is 0 Å². The number of benzene rings is 1. The molecule has 32 heavy (non-hydrogen) atoms. The first-order valence-corrected chi connectivity index (χ1v) is 11.9. The summed E-state index contributed by atoms with van der Waals surface area (Å²) in [4.78, 5) is 13.6. The molecule has 6 nitrogen and oxygen atoms in total. The molecule has 1 aromatic carbocycles. The fourth-order valence-electron chi connectivity index (χ4n) is 3.21. The van der Waals surface area contributed by atoms with Crippen LogP contribution in [-0.4, -0.2) is 33.5 Å². The van der Waals surface area contributed by atoms with Gasteiger partial charge in [0.2, 0.25) is 0 Å². The first-order chi connectivity index (χ1) is 15.3. The minimum Gasteiger partial charge on any atom is -0.462 e. The molecule has 3 aromatic rings. The number of aromatic nitrogens is 2. The molecule has 1 unspecified atom stereocenters. The van der Waals surface area contributed by atoms with E-state index >= 15 is 0 Å². The summed E-state index contributed by atoms with van der Waals surface area (Å²) < 4.78 is 7.16. The van der Waals surface area contributed by atoms with Gasteiger partial charge in [0.05, 0.1) is 24.8 Å². The van der Waals surface area contributed by atoms with E-state index in [1.54, 1.807) is 13.1 Å². The van der Waals surface area contributed by atoms with Gasteiger partial charge in [-0.1, -0.05) is 51.1 Å². The topological polar surface area (TPSA) is 68.2 Å². The van der Waals surface area contributed by atoms with Gasteiger partial charge in [-0.25, -0.2) is 4.79 Å². The van der Waals surface area contributed by atoms with E-state index in [1.807, 2.05) is 41.2 Å². The lowest BCUT2D eigenvalue weighted by molar-refractivity contribution is 0.0528. The molecule has 1 atom stereocenters. The molecule has 0 aliphatic heterocycles. The molecular weight excluding hydrogens is 440 g/mol. The Morgan fingerprint density at radius 2 is 2.00 bits per heavy atom. The van der Waals surface area contributed by atoms with Crippen molar-refractivity contribution in [2.75, 3.05) is 11.9 Å². The Labute approximate surface area is 199 Å². The predicted molar refractivity (Wildman–Crippen MR) is 134 cm³/mol. The summed E-state index contributed by atoms with van der Waals surface area (Å²) in [5, 5.41) is 12.1. The highest BCUT2D eigenvalue weighted by molar-refractivity contribution is 7.80. The standard InChI is InChI=1S/C24H30N4O2S2/c1-5-30-22(29)19-15-18(14-17-10-7-6-8-11-17)32-21(19)27-23(31)26-20(24(2,3)4)16-28-13-9-12-25-28/h6-13,15,20H,5,14,16H2,1-4H3,(H2,26,27,31). The Bertz CT molecular complexity index is 1020. The quantitative estimate of drug-likeness (QED) is 0.352. The first kappa shape index (κ1) is 23.9. The van der Waals surface area contributed by atoms with Gasteiger partial charge in [0.1, 0.15) is 5.00 Å². The zero-order valence-electron chi connectivity index (χ0n) is 18.9. The molecule has 2 aromatic heterocycles. The Hall–Kier alpha value is -2.71. The number of carbonyl (C=O) groups excluding carboxylic acids is 1. The van der Waals surface area contributed by atoms with Crippen molar-refractivity contribution in [3.63, 3.8) is 0 Å². The maximum Gasteiger partial charge on any atom is 0.341 e. The Morgan fingerprint density at radius 3 is 2.62 bits per heavy atom. The summed E-state index contributed by atoms with van der Waals surface area (Å²) in [5.41, 5.74) is 1.63. The average Bonchev–Trinajstić information content (AvgIpc) is 3.38. The molecule has 0 bridgehead atoms. The van der Waals surface area contributed by atoms with Gasteiger partial charge >= 0.3 is 5.97 Å². The Morgan fingerprint density at radius 1 is 1.25 bits per heavy atom. The highest BCUT2D eigenvalue weighted by Crippen LogP contribution is 2.31. The van der Waals surface area contributed by atoms with Crippen molar-refractivity contribution in [2.45, 2.75) is 46.7 Å². The number of hydrogen-bond acceptors (Lipinski definition) is 5. The number of ether oxygens (including phenoxy) is 1. The maximum atomic E-state index is 12.6. The van der Waals surface area contributed by atoms with Crippen LogP contribution in [0.5, 0.6) is 0 Å². The minimum atomic E-state index is -0.350. The van der Waals surface area contributed by atoms with Crippen molar-refractivity contribution >= 4 is 39.6 Å². The van der Waals surface area contributed by atoms with E-state index in [-0.39, 0.29) is 17.4 Å². The number of thiophene rings is 1. The largest absolute Gasteiger partial charge is 0.462 e. The third kappa shape index (κ3) is 6.64. The van der Waals surface area contributed by atoms with Crippen LogP contribution in [0.15, 0.2) is 54.9 Å². The van der Waals surface area contributed by atoms with E-state index in [4.69, 9.17) is 17.0 Å². The van der Waals surface area contributed by atoms with Crippen LogP contribution in [0.25, 0.3) is 0 Å². The zero-order chi connectivity index (χ0) is 23.1. The highest BCUT2D eigenvalue weighted by atomic mass is 32.1. The second-order valence-electron chi connectivity index (χ2n) is 8.58. The highest BCUT2D eigenvalue weighted by Gasteiger charge is 2.27. The molecule has 0 aliphatic rings. The molecule has 0 radical (unpaired) electrons. The molecule has 0 spiro atoms. The SMILES string of the molecule is CCOC(=O)c1cc(Cc2ccccc2)sc1NC(=S)NC(Cn1cccn1)C(C)(C)C. The number of anilines is 1. The summed E-state index contributed by atoms with van der Waals surface area (Å²) in [6.07, 6.45) is 4.44. The van der Waals surface area contributed by atoms with E-state index in [0.717, 1.165) is 11.3 Å². The lowest BCUT2D eigenvalue weighted by atomic mass is 9.87. The first-order valence-electron chi connectivity index (χ1n) is 10.6. The molecule has 8 heteroatoms. The molecule has 0 aliphatic carbocycles. The molecule has 2 heterocycles. The molecule has 2 N–H and O–H groups in total. The molecular formula is C24H30N4O2S2. The second kappa shape index (κ2) is 10.7. The van der Waals surface area contributed by atoms with Gasteiger partial charge in [-0.2, -0.15) is 5.10 Å². The Kier molecular flexibility index (Phi) is 8.04. The number of rotatable bonds is 8. The summed E-state index contributed by atoms with van der Waals surface area (Å²) in [6.45, 7) is 9.27. The molecule has 0 saturated carbocycles. The fourth-order valence-corrected chi connectivity index (χ4v) is 4.60. The lowest BCUT2D eigenvalue weighted by Crippen LogP contribution is -2.48. The summed E-state index contributed by atoms with van der Waals surface area (Å²) in [5.74, 6) is -0.350. The van der Waals surface area contributed by atoms with Crippen LogP contribution in [-0.2, 0) is 17.7 Å². The number of hydrogen-bond donors (Lipinski definition) is 2. The number of nitrogens with one attached hydrogen (secondary N) is 2. The van der Waals surface area contributed by atoms with Gasteiger partial charge in [-0.15, -0.1) is 11.3 Å². The van der Waals surface area contributed by atoms with Crippen LogP contribution in [0, 0.1) is 5.41 Å². The van der Waals surface area contributed by atoms with Gasteiger partial charge in [0, 0.05) is 23.7 Å². The molecule has 3 rings (SSSR count). The van der Waals surface area contributed by atoms with Crippen molar-refractivity contribution in [1.82, 2.24) is 15.1 Å². The fraction of sp³-hybridized carbons (Fsp3) is 0.375. The molecule has 0 amide bonds. The van der Waals surface area contributed by atoms with Crippen molar-refractivity contribution < 1.29 is 9.53 Å². The van der Waals surface area contributed by atoms with Crippen LogP contribution in [0.1, 0.15) is 48.5 Å². The van der Waals surface area contributed by atoms with Crippen molar-refractivity contribution in [1.29, 1.82) is 0 Å². The van der Waals surface area contributed by atoms with Crippen LogP contribution in [0.4, 0.5) is 5.00 Å². The Balaban J connectivity index is 1.77. The van der Waals surface area contributed by atoms with Gasteiger partial charge in [-0.3, -0.25) is 4.68 Å². The van der Waals surface area contributed by atoms with Crippen LogP contribution < -0.4 is 10.6 Å². The summed E-state index contributed by atoms with van der Waals surface area (Å²) >= 11 is 7.15. The molecule has 0 saturated heterocycles. The minimum absolute atomic E-state index is 0.0391. The monoisotopic (exact) mass is 470 g/mol. The van der Waals surface area contributed by atoms with Gasteiger partial charge in [0.15, 0.2) is 5.11 Å². The van der Waals surface area contributed by atoms with E-state index in [1.165, 1.54) is 16.9 Å². The van der Waals surface area contributed by atoms with Gasteiger partial charge in [0.25, 0.3) is 0 Å². The van der Waals surface area contributed by atoms with E-state index in [9.17, 15) is 4.79 Å². The summed E-state index contributed by atoms with van der Waals surface area (Å²) in [7, 11) is 0. The summed E-state index contributed by atoms with van der Waals surface area (Å²) in [6, 6.07) is 14.0. The van der Waals surface area contributed by atoms with Crippen molar-refractivity contribution in [3.05, 3.63) is 70.9 Å². The number of carbonyl (C=O) groups is 1. The van der Waals surface area contributed by atoms with Crippen LogP contribution in [0.2, 0.25) is 0 Å². The third-order valence-electron chi connectivity index (χ3n) is 5.01. The number of esters is 1. The van der Waals surface area contributed by atoms with Crippen LogP contribution >= 0.6 is 23.6 Å². The second-order valence-corrected chi connectivity index (χ2v) is 10.1. The maximum absolute atomic E-state index is 12.6. The van der Waals surface area contributed by atoms with Crippen molar-refractivity contribution in [2.24, 2.45) is 5.41 Å². The zero-order valence-corrected chi connectivity index (χ0v) is 20.6. The third-order valence-corrected chi connectivity index (χ3v) is 6.28. The molecule has 0 fully saturated rings. The van der Waals surface area contributed by atoms with E-state index in [0.29, 0.717) is 28.8 Å². The van der Waals surface area contributed by atoms with Crippen molar-refractivity contribution in [3.8, 4) is 0 Å². The lowest BCUT2D eigenvalue weighted by Gasteiger charge is -2.32.